The Balaban J connectivity index is 2.00. The smallest absolute Gasteiger partial charge is 0.242 e. The number of hydrogen-bond donors (Lipinski definition) is 2. The number of hydrogen-bond acceptors (Lipinski definition) is 5. The zero-order chi connectivity index (χ0) is 13.0. The molecule has 7 heteroatoms. The maximum absolute atomic E-state index is 12.0. The van der Waals surface area contributed by atoms with Crippen molar-refractivity contribution >= 4 is 10.0 Å². The molecule has 0 radical (unpaired) electrons. The van der Waals surface area contributed by atoms with Crippen LogP contribution in [0.2, 0.25) is 0 Å². The first-order chi connectivity index (χ1) is 8.62. The van der Waals surface area contributed by atoms with Gasteiger partial charge in [0.25, 0.3) is 0 Å². The van der Waals surface area contributed by atoms with Gasteiger partial charge < -0.3 is 10.5 Å². The maximum Gasteiger partial charge on any atom is 0.242 e. The molecule has 1 saturated heterocycles. The molecule has 18 heavy (non-hydrogen) atoms. The Morgan fingerprint density at radius 3 is 2.89 bits per heavy atom. The molecule has 0 aromatic carbocycles. The van der Waals surface area contributed by atoms with Crippen molar-refractivity contribution in [3.05, 3.63) is 24.0 Å². The lowest BCUT2D eigenvalue weighted by Crippen LogP contribution is -2.29. The molecule has 1 fully saturated rings. The Hall–Kier alpha value is -1.02. The summed E-state index contributed by atoms with van der Waals surface area (Å²) in [6, 6.07) is 3.13. The molecule has 2 rings (SSSR count). The van der Waals surface area contributed by atoms with Crippen molar-refractivity contribution in [3.63, 3.8) is 0 Å². The Morgan fingerprint density at radius 2 is 2.33 bits per heavy atom. The van der Waals surface area contributed by atoms with Crippen LogP contribution in [-0.4, -0.2) is 33.2 Å². The summed E-state index contributed by atoms with van der Waals surface area (Å²) in [4.78, 5) is 4.14. The monoisotopic (exact) mass is 271 g/mol. The molecule has 1 atom stereocenters. The molecular weight excluding hydrogens is 254 g/mol. The molecule has 100 valence electrons. The second kappa shape index (κ2) is 5.75. The fourth-order valence-corrected chi connectivity index (χ4v) is 2.81. The lowest BCUT2D eigenvalue weighted by Gasteiger charge is -2.10. The Morgan fingerprint density at radius 1 is 1.50 bits per heavy atom. The van der Waals surface area contributed by atoms with E-state index in [1.165, 1.54) is 12.3 Å². The zero-order valence-electron chi connectivity index (χ0n) is 10.0. The topological polar surface area (TPSA) is 94.3 Å². The highest BCUT2D eigenvalue weighted by Gasteiger charge is 2.20. The van der Waals surface area contributed by atoms with Crippen LogP contribution in [0.3, 0.4) is 0 Å². The number of sulfonamides is 1. The van der Waals surface area contributed by atoms with Crippen molar-refractivity contribution in [2.24, 2.45) is 11.7 Å². The van der Waals surface area contributed by atoms with Crippen molar-refractivity contribution in [2.45, 2.75) is 17.9 Å². The highest BCUT2D eigenvalue weighted by atomic mass is 32.2. The van der Waals surface area contributed by atoms with Crippen molar-refractivity contribution in [3.8, 4) is 0 Å². The minimum absolute atomic E-state index is 0.165. The minimum atomic E-state index is -3.48. The van der Waals surface area contributed by atoms with Gasteiger partial charge >= 0.3 is 0 Å². The molecule has 3 N–H and O–H groups in total. The third-order valence-corrected chi connectivity index (χ3v) is 4.31. The highest BCUT2D eigenvalue weighted by molar-refractivity contribution is 7.89. The van der Waals surface area contributed by atoms with E-state index in [-0.39, 0.29) is 10.8 Å². The third kappa shape index (κ3) is 3.26. The number of pyridine rings is 1. The van der Waals surface area contributed by atoms with Gasteiger partial charge in [-0.3, -0.25) is 4.98 Å². The molecular formula is C11H17N3O3S. The number of aromatic nitrogens is 1. The molecule has 0 aliphatic carbocycles. The van der Waals surface area contributed by atoms with Gasteiger partial charge in [-0.05, 0) is 24.5 Å². The van der Waals surface area contributed by atoms with Crippen molar-refractivity contribution in [1.29, 1.82) is 0 Å². The van der Waals surface area contributed by atoms with E-state index in [9.17, 15) is 8.42 Å². The summed E-state index contributed by atoms with van der Waals surface area (Å²) < 4.78 is 31.7. The van der Waals surface area contributed by atoms with Crippen LogP contribution in [0.25, 0.3) is 0 Å². The predicted octanol–water partition coefficient (Wildman–Crippen LogP) is -0.145. The Bertz CT molecular complexity index is 481. The standard InChI is InChI=1S/C11H17N3O3S/c12-5-10-1-2-11(7-13-10)18(15,16)14-6-9-3-4-17-8-9/h1-2,7,9,14H,3-6,8,12H2. The highest BCUT2D eigenvalue weighted by Crippen LogP contribution is 2.13. The van der Waals surface area contributed by atoms with Gasteiger partial charge in [0.05, 0.1) is 12.3 Å². The molecule has 2 heterocycles. The van der Waals surface area contributed by atoms with Crippen LogP contribution in [0.5, 0.6) is 0 Å². The first-order valence-corrected chi connectivity index (χ1v) is 7.32. The van der Waals surface area contributed by atoms with Crippen LogP contribution >= 0.6 is 0 Å². The third-order valence-electron chi connectivity index (χ3n) is 2.90. The maximum atomic E-state index is 12.0. The van der Waals surface area contributed by atoms with E-state index in [0.717, 1.165) is 6.42 Å². The quantitative estimate of drug-likeness (QED) is 0.777. The zero-order valence-corrected chi connectivity index (χ0v) is 10.8. The van der Waals surface area contributed by atoms with Crippen LogP contribution < -0.4 is 10.5 Å². The summed E-state index contributed by atoms with van der Waals surface area (Å²) in [5, 5.41) is 0. The van der Waals surface area contributed by atoms with Gasteiger partial charge in [-0.2, -0.15) is 0 Å². The second-order valence-electron chi connectivity index (χ2n) is 4.27. The fourth-order valence-electron chi connectivity index (χ4n) is 1.75. The molecule has 1 aliphatic heterocycles. The van der Waals surface area contributed by atoms with Gasteiger partial charge in [-0.1, -0.05) is 0 Å². The molecule has 1 aromatic rings. The Labute approximate surface area is 107 Å². The fraction of sp³-hybridized carbons (Fsp3) is 0.545. The SMILES string of the molecule is NCc1ccc(S(=O)(=O)NCC2CCOC2)cn1. The molecule has 0 amide bonds. The van der Waals surface area contributed by atoms with Gasteiger partial charge in [0.1, 0.15) is 4.90 Å². The van der Waals surface area contributed by atoms with E-state index in [1.807, 2.05) is 0 Å². The number of nitrogens with one attached hydrogen (secondary N) is 1. The molecule has 0 bridgehead atoms. The molecule has 6 nitrogen and oxygen atoms in total. The normalized spacial score (nSPS) is 20.2. The summed E-state index contributed by atoms with van der Waals surface area (Å²) in [7, 11) is -3.48. The summed E-state index contributed by atoms with van der Waals surface area (Å²) in [6.45, 7) is 2.03. The van der Waals surface area contributed by atoms with Crippen molar-refractivity contribution in [1.82, 2.24) is 9.71 Å². The van der Waals surface area contributed by atoms with Gasteiger partial charge in [0, 0.05) is 25.9 Å². The second-order valence-corrected chi connectivity index (χ2v) is 6.04. The number of nitrogens with zero attached hydrogens (tertiary/aromatic N) is 1. The molecule has 1 unspecified atom stereocenters. The largest absolute Gasteiger partial charge is 0.381 e. The van der Waals surface area contributed by atoms with E-state index in [2.05, 4.69) is 9.71 Å². The Kier molecular flexibility index (Phi) is 4.28. The van der Waals surface area contributed by atoms with Crippen LogP contribution in [0, 0.1) is 5.92 Å². The van der Waals surface area contributed by atoms with E-state index in [4.69, 9.17) is 10.5 Å². The number of ether oxygens (including phenoxy) is 1. The van der Waals surface area contributed by atoms with E-state index in [1.54, 1.807) is 6.07 Å². The van der Waals surface area contributed by atoms with Crippen LogP contribution in [0.15, 0.2) is 23.2 Å². The lowest BCUT2D eigenvalue weighted by atomic mass is 10.1. The van der Waals surface area contributed by atoms with Gasteiger partial charge in [-0.25, -0.2) is 13.1 Å². The van der Waals surface area contributed by atoms with Crippen LogP contribution in [0.1, 0.15) is 12.1 Å². The molecule has 0 saturated carbocycles. The van der Waals surface area contributed by atoms with Crippen LogP contribution in [-0.2, 0) is 21.3 Å². The van der Waals surface area contributed by atoms with Gasteiger partial charge in [0.15, 0.2) is 0 Å². The van der Waals surface area contributed by atoms with E-state index >= 15 is 0 Å². The molecule has 0 spiro atoms. The van der Waals surface area contributed by atoms with Crippen LogP contribution in [0.4, 0.5) is 0 Å². The average molecular weight is 271 g/mol. The van der Waals surface area contributed by atoms with E-state index in [0.29, 0.717) is 32.0 Å². The lowest BCUT2D eigenvalue weighted by molar-refractivity contribution is 0.186. The van der Waals surface area contributed by atoms with E-state index < -0.39 is 10.0 Å². The van der Waals surface area contributed by atoms with Gasteiger partial charge in [-0.15, -0.1) is 0 Å². The summed E-state index contributed by atoms with van der Waals surface area (Å²) >= 11 is 0. The number of nitrogens with two attached hydrogens (primary N) is 1. The average Bonchev–Trinajstić information content (AvgIpc) is 2.90. The summed E-state index contributed by atoms with van der Waals surface area (Å²) in [6.07, 6.45) is 2.22. The number of rotatable bonds is 5. The first kappa shape index (κ1) is 13.4. The minimum Gasteiger partial charge on any atom is -0.381 e. The van der Waals surface area contributed by atoms with Crippen molar-refractivity contribution in [2.75, 3.05) is 19.8 Å². The molecule has 1 aliphatic rings. The van der Waals surface area contributed by atoms with Crippen molar-refractivity contribution < 1.29 is 13.2 Å². The predicted molar refractivity (Wildman–Crippen MR) is 66.2 cm³/mol. The van der Waals surface area contributed by atoms with Gasteiger partial charge in [0.2, 0.25) is 10.0 Å². The molecule has 1 aromatic heterocycles. The summed E-state index contributed by atoms with van der Waals surface area (Å²) in [5.41, 5.74) is 6.07. The first-order valence-electron chi connectivity index (χ1n) is 5.84. The summed E-state index contributed by atoms with van der Waals surface area (Å²) in [5.74, 6) is 0.260.